The van der Waals surface area contributed by atoms with Crippen molar-refractivity contribution in [2.45, 2.75) is 70.9 Å². The van der Waals surface area contributed by atoms with Crippen LogP contribution < -0.4 is 10.6 Å². The van der Waals surface area contributed by atoms with Gasteiger partial charge in [0.25, 0.3) is 0 Å². The third kappa shape index (κ3) is 4.09. The lowest BCUT2D eigenvalue weighted by atomic mass is 10.0. The third-order valence-corrected chi connectivity index (χ3v) is 8.59. The first-order valence-electron chi connectivity index (χ1n) is 9.74. The molecule has 1 atom stereocenters. The van der Waals surface area contributed by atoms with E-state index in [1.54, 1.807) is 16.2 Å². The highest BCUT2D eigenvalue weighted by atomic mass is 31.1. The largest absolute Gasteiger partial charge is 0.0654 e. The van der Waals surface area contributed by atoms with Crippen LogP contribution in [0.1, 0.15) is 63.0 Å². The minimum atomic E-state index is -0.227. The van der Waals surface area contributed by atoms with E-state index < -0.39 is 0 Å². The quantitative estimate of drug-likeness (QED) is 0.558. The molecule has 2 aromatic rings. The van der Waals surface area contributed by atoms with Crippen LogP contribution >= 0.6 is 7.92 Å². The molecule has 1 fully saturated rings. The van der Waals surface area contributed by atoms with Crippen molar-refractivity contribution in [1.82, 2.24) is 0 Å². The predicted octanol–water partition coefficient (Wildman–Crippen LogP) is 6.10. The molecule has 0 spiro atoms. The molecule has 1 unspecified atom stereocenters. The fourth-order valence-electron chi connectivity index (χ4n) is 4.02. The Kier molecular flexibility index (Phi) is 6.50. The maximum absolute atomic E-state index is 2.44. The topological polar surface area (TPSA) is 0 Å². The first-order valence-corrected chi connectivity index (χ1v) is 11.1. The van der Waals surface area contributed by atoms with Gasteiger partial charge in [-0.05, 0) is 67.9 Å². The molecular formula is C23H31P. The number of hydrogen-bond acceptors (Lipinski definition) is 0. The van der Waals surface area contributed by atoms with E-state index in [0.29, 0.717) is 0 Å². The van der Waals surface area contributed by atoms with Crippen LogP contribution in [0.15, 0.2) is 48.5 Å². The maximum atomic E-state index is 2.44. The van der Waals surface area contributed by atoms with Crippen LogP contribution in [-0.4, -0.2) is 5.66 Å². The molecule has 0 radical (unpaired) electrons. The minimum absolute atomic E-state index is 0.227. The molecule has 1 heteroatoms. The number of hydrogen-bond donors (Lipinski definition) is 0. The Morgan fingerprint density at radius 1 is 0.875 bits per heavy atom. The van der Waals surface area contributed by atoms with E-state index in [0.717, 1.165) is 5.66 Å². The van der Waals surface area contributed by atoms with Gasteiger partial charge < -0.3 is 0 Å². The summed E-state index contributed by atoms with van der Waals surface area (Å²) in [6.45, 7) is 4.61. The maximum Gasteiger partial charge on any atom is -0.0129 e. The summed E-state index contributed by atoms with van der Waals surface area (Å²) in [6.07, 6.45) is 10.9. The second-order valence-corrected chi connectivity index (χ2v) is 9.61. The first-order chi connectivity index (χ1) is 11.8. The average Bonchev–Trinajstić information content (AvgIpc) is 2.64. The van der Waals surface area contributed by atoms with E-state index in [9.17, 15) is 0 Å². The average molecular weight is 338 g/mol. The Morgan fingerprint density at radius 2 is 1.54 bits per heavy atom. The summed E-state index contributed by atoms with van der Waals surface area (Å²) in [5.41, 5.74) is 3.97. The van der Waals surface area contributed by atoms with Gasteiger partial charge in [0.15, 0.2) is 0 Å². The Morgan fingerprint density at radius 3 is 2.25 bits per heavy atom. The van der Waals surface area contributed by atoms with Crippen molar-refractivity contribution in [1.29, 1.82) is 0 Å². The fraction of sp³-hybridized carbons (Fsp3) is 0.478. The second kappa shape index (κ2) is 8.82. The molecule has 0 aromatic heterocycles. The SMILES string of the molecule is CCCCc1ccccc1P(c1ccccc1C)C1CCCCC1. The molecule has 3 rings (SSSR count). The summed E-state index contributed by atoms with van der Waals surface area (Å²) in [5.74, 6) is 0. The van der Waals surface area contributed by atoms with Gasteiger partial charge in [0.2, 0.25) is 0 Å². The molecule has 1 aliphatic carbocycles. The van der Waals surface area contributed by atoms with Crippen molar-refractivity contribution in [2.24, 2.45) is 0 Å². The normalized spacial score (nSPS) is 16.9. The van der Waals surface area contributed by atoms with Gasteiger partial charge in [-0.2, -0.15) is 0 Å². The highest BCUT2D eigenvalue weighted by molar-refractivity contribution is 7.73. The van der Waals surface area contributed by atoms with Crippen molar-refractivity contribution < 1.29 is 0 Å². The first kappa shape index (κ1) is 17.7. The molecule has 0 saturated heterocycles. The Balaban J connectivity index is 2.03. The smallest absolute Gasteiger partial charge is 0.0129 e. The summed E-state index contributed by atoms with van der Waals surface area (Å²) in [7, 11) is -0.227. The Bertz CT molecular complexity index is 640. The Hall–Kier alpha value is -1.13. The summed E-state index contributed by atoms with van der Waals surface area (Å²) < 4.78 is 0. The number of unbranched alkanes of at least 4 members (excludes halogenated alkanes) is 1. The molecular weight excluding hydrogens is 307 g/mol. The van der Waals surface area contributed by atoms with Crippen LogP contribution in [0, 0.1) is 6.92 Å². The van der Waals surface area contributed by atoms with Crippen LogP contribution in [0.5, 0.6) is 0 Å². The van der Waals surface area contributed by atoms with Gasteiger partial charge in [-0.1, -0.05) is 81.1 Å². The highest BCUT2D eigenvalue weighted by Gasteiger charge is 2.28. The summed E-state index contributed by atoms with van der Waals surface area (Å²) in [5, 5.41) is 3.30. The zero-order chi connectivity index (χ0) is 16.8. The molecule has 0 N–H and O–H groups in total. The van der Waals surface area contributed by atoms with Crippen LogP contribution in [-0.2, 0) is 6.42 Å². The van der Waals surface area contributed by atoms with Crippen LogP contribution in [0.4, 0.5) is 0 Å². The minimum Gasteiger partial charge on any atom is -0.0654 e. The lowest BCUT2D eigenvalue weighted by Crippen LogP contribution is -2.27. The number of rotatable bonds is 6. The van der Waals surface area contributed by atoms with Gasteiger partial charge in [0.05, 0.1) is 0 Å². The predicted molar refractivity (Wildman–Crippen MR) is 109 cm³/mol. The summed E-state index contributed by atoms with van der Waals surface area (Å²) >= 11 is 0. The van der Waals surface area contributed by atoms with Crippen LogP contribution in [0.25, 0.3) is 0 Å². The fourth-order valence-corrected chi connectivity index (χ4v) is 7.39. The molecule has 0 heterocycles. The van der Waals surface area contributed by atoms with Crippen LogP contribution in [0.2, 0.25) is 0 Å². The van der Waals surface area contributed by atoms with Gasteiger partial charge in [-0.3, -0.25) is 0 Å². The van der Waals surface area contributed by atoms with Crippen molar-refractivity contribution in [2.75, 3.05) is 0 Å². The van der Waals surface area contributed by atoms with E-state index in [1.807, 2.05) is 0 Å². The molecule has 0 amide bonds. The second-order valence-electron chi connectivity index (χ2n) is 7.18. The van der Waals surface area contributed by atoms with E-state index in [1.165, 1.54) is 56.9 Å². The van der Waals surface area contributed by atoms with E-state index in [2.05, 4.69) is 62.4 Å². The standard InChI is InChI=1S/C23H31P/c1-3-4-13-20-14-9-11-18-23(20)24(21-15-6-5-7-16-21)22-17-10-8-12-19(22)2/h8-12,14,17-18,21H,3-7,13,15-16H2,1-2H3. The lowest BCUT2D eigenvalue weighted by Gasteiger charge is -2.33. The van der Waals surface area contributed by atoms with E-state index in [4.69, 9.17) is 0 Å². The molecule has 128 valence electrons. The zero-order valence-corrected chi connectivity index (χ0v) is 16.2. The van der Waals surface area contributed by atoms with Gasteiger partial charge in [0, 0.05) is 0 Å². The van der Waals surface area contributed by atoms with E-state index in [-0.39, 0.29) is 7.92 Å². The summed E-state index contributed by atoms with van der Waals surface area (Å²) in [6, 6.07) is 18.5. The van der Waals surface area contributed by atoms with Gasteiger partial charge in [-0.15, -0.1) is 0 Å². The van der Waals surface area contributed by atoms with Gasteiger partial charge in [-0.25, -0.2) is 0 Å². The van der Waals surface area contributed by atoms with Crippen molar-refractivity contribution in [3.8, 4) is 0 Å². The molecule has 1 saturated carbocycles. The lowest BCUT2D eigenvalue weighted by molar-refractivity contribution is 0.513. The van der Waals surface area contributed by atoms with Crippen LogP contribution in [0.3, 0.4) is 0 Å². The molecule has 0 bridgehead atoms. The monoisotopic (exact) mass is 338 g/mol. The van der Waals surface area contributed by atoms with Crippen molar-refractivity contribution in [3.05, 3.63) is 59.7 Å². The van der Waals surface area contributed by atoms with Crippen molar-refractivity contribution in [3.63, 3.8) is 0 Å². The van der Waals surface area contributed by atoms with Crippen molar-refractivity contribution >= 4 is 18.5 Å². The molecule has 0 aliphatic heterocycles. The molecule has 24 heavy (non-hydrogen) atoms. The number of benzene rings is 2. The Labute approximate surface area is 149 Å². The summed E-state index contributed by atoms with van der Waals surface area (Å²) in [4.78, 5) is 0. The van der Waals surface area contributed by atoms with Gasteiger partial charge >= 0.3 is 0 Å². The van der Waals surface area contributed by atoms with Gasteiger partial charge in [0.1, 0.15) is 0 Å². The molecule has 2 aromatic carbocycles. The zero-order valence-electron chi connectivity index (χ0n) is 15.3. The third-order valence-electron chi connectivity index (χ3n) is 5.37. The number of aryl methyl sites for hydroxylation is 2. The molecule has 0 nitrogen and oxygen atoms in total. The molecule has 1 aliphatic rings. The van der Waals surface area contributed by atoms with E-state index >= 15 is 0 Å². The highest BCUT2D eigenvalue weighted by Crippen LogP contribution is 2.47.